The monoisotopic (exact) mass is 276 g/mol. The van der Waals surface area contributed by atoms with Crippen LogP contribution >= 0.6 is 0 Å². The molecule has 1 aromatic rings. The fraction of sp³-hybridized carbons (Fsp3) is 0.500. The fourth-order valence-electron chi connectivity index (χ4n) is 1.76. The van der Waals surface area contributed by atoms with E-state index < -0.39 is 47.1 Å². The van der Waals surface area contributed by atoms with Crippen LogP contribution in [0.5, 0.6) is 0 Å². The molecule has 7 heteroatoms. The van der Waals surface area contributed by atoms with E-state index in [0.717, 1.165) is 0 Å². The SMILES string of the molecule is CC1(C)OB(c2c(F)cc(F)c(F)c2F)OC1(C)C. The summed E-state index contributed by atoms with van der Waals surface area (Å²) in [4.78, 5) is 0. The topological polar surface area (TPSA) is 18.5 Å². The van der Waals surface area contributed by atoms with E-state index in [2.05, 4.69) is 0 Å². The van der Waals surface area contributed by atoms with Gasteiger partial charge in [-0.1, -0.05) is 0 Å². The van der Waals surface area contributed by atoms with Crippen molar-refractivity contribution in [3.63, 3.8) is 0 Å². The molecule has 1 saturated heterocycles. The lowest BCUT2D eigenvalue weighted by atomic mass is 9.78. The summed E-state index contributed by atoms with van der Waals surface area (Å²) >= 11 is 0. The molecule has 0 atom stereocenters. The number of rotatable bonds is 1. The lowest BCUT2D eigenvalue weighted by Gasteiger charge is -2.32. The van der Waals surface area contributed by atoms with Crippen LogP contribution in [0.3, 0.4) is 0 Å². The van der Waals surface area contributed by atoms with Gasteiger partial charge in [-0.15, -0.1) is 0 Å². The Morgan fingerprint density at radius 1 is 0.842 bits per heavy atom. The molecule has 0 aliphatic carbocycles. The number of benzene rings is 1. The molecule has 0 radical (unpaired) electrons. The van der Waals surface area contributed by atoms with E-state index in [-0.39, 0.29) is 6.07 Å². The van der Waals surface area contributed by atoms with E-state index in [4.69, 9.17) is 9.31 Å². The molecule has 1 aromatic carbocycles. The highest BCUT2D eigenvalue weighted by molar-refractivity contribution is 6.62. The molecule has 0 aromatic heterocycles. The Morgan fingerprint density at radius 3 is 1.79 bits per heavy atom. The van der Waals surface area contributed by atoms with Crippen molar-refractivity contribution in [1.82, 2.24) is 0 Å². The zero-order valence-corrected chi connectivity index (χ0v) is 11.0. The van der Waals surface area contributed by atoms with Gasteiger partial charge in [-0.2, -0.15) is 0 Å². The van der Waals surface area contributed by atoms with E-state index in [1.807, 2.05) is 0 Å². The molecule has 0 amide bonds. The predicted molar refractivity (Wildman–Crippen MR) is 62.0 cm³/mol. The maximum atomic E-state index is 13.7. The first kappa shape index (κ1) is 14.3. The van der Waals surface area contributed by atoms with Crippen LogP contribution in [0.15, 0.2) is 6.07 Å². The molecule has 0 N–H and O–H groups in total. The van der Waals surface area contributed by atoms with Gasteiger partial charge < -0.3 is 9.31 Å². The molecule has 2 rings (SSSR count). The van der Waals surface area contributed by atoms with Crippen LogP contribution < -0.4 is 5.46 Å². The molecular weight excluding hydrogens is 263 g/mol. The van der Waals surface area contributed by atoms with Gasteiger partial charge in [0.15, 0.2) is 17.5 Å². The summed E-state index contributed by atoms with van der Waals surface area (Å²) in [7, 11) is -1.42. The highest BCUT2D eigenvalue weighted by Gasteiger charge is 2.53. The predicted octanol–water partition coefficient (Wildman–Crippen LogP) is 2.54. The molecular formula is C12H13BF4O2. The third-order valence-corrected chi connectivity index (χ3v) is 3.64. The first-order valence-electron chi connectivity index (χ1n) is 5.75. The Labute approximate surface area is 108 Å². The zero-order valence-electron chi connectivity index (χ0n) is 11.0. The molecule has 0 bridgehead atoms. The summed E-state index contributed by atoms with van der Waals surface area (Å²) in [6.45, 7) is 6.73. The van der Waals surface area contributed by atoms with Crippen molar-refractivity contribution >= 4 is 12.6 Å². The molecule has 0 saturated carbocycles. The van der Waals surface area contributed by atoms with Gasteiger partial charge in [-0.25, -0.2) is 17.6 Å². The molecule has 0 unspecified atom stereocenters. The summed E-state index contributed by atoms with van der Waals surface area (Å²) in [6.07, 6.45) is 0. The van der Waals surface area contributed by atoms with Crippen molar-refractivity contribution in [3.05, 3.63) is 29.3 Å². The lowest BCUT2D eigenvalue weighted by Crippen LogP contribution is -2.41. The summed E-state index contributed by atoms with van der Waals surface area (Å²) in [5, 5.41) is 0. The molecule has 1 aliphatic heterocycles. The minimum absolute atomic E-state index is 0.277. The van der Waals surface area contributed by atoms with Crippen LogP contribution in [0.1, 0.15) is 27.7 Å². The van der Waals surface area contributed by atoms with Gasteiger partial charge >= 0.3 is 7.12 Å². The Balaban J connectivity index is 2.49. The first-order valence-corrected chi connectivity index (χ1v) is 5.75. The highest BCUT2D eigenvalue weighted by atomic mass is 19.2. The largest absolute Gasteiger partial charge is 0.501 e. The van der Waals surface area contributed by atoms with Gasteiger partial charge in [0.2, 0.25) is 0 Å². The minimum atomic E-state index is -1.74. The van der Waals surface area contributed by atoms with E-state index in [9.17, 15) is 17.6 Å². The van der Waals surface area contributed by atoms with Crippen molar-refractivity contribution in [3.8, 4) is 0 Å². The molecule has 1 heterocycles. The van der Waals surface area contributed by atoms with E-state index in [1.54, 1.807) is 27.7 Å². The van der Waals surface area contributed by atoms with Crippen molar-refractivity contribution < 1.29 is 26.9 Å². The summed E-state index contributed by atoms with van der Waals surface area (Å²) in [5.41, 5.74) is -2.42. The smallest absolute Gasteiger partial charge is 0.399 e. The zero-order chi connectivity index (χ0) is 14.6. The fourth-order valence-corrected chi connectivity index (χ4v) is 1.76. The van der Waals surface area contributed by atoms with Crippen molar-refractivity contribution in [2.45, 2.75) is 38.9 Å². The van der Waals surface area contributed by atoms with Crippen molar-refractivity contribution in [2.24, 2.45) is 0 Å². The number of hydrogen-bond donors (Lipinski definition) is 0. The van der Waals surface area contributed by atoms with Crippen LogP contribution in [-0.2, 0) is 9.31 Å². The summed E-state index contributed by atoms with van der Waals surface area (Å²) in [5.74, 6) is -6.20. The Morgan fingerprint density at radius 2 is 1.32 bits per heavy atom. The third-order valence-electron chi connectivity index (χ3n) is 3.64. The molecule has 104 valence electrons. The highest BCUT2D eigenvalue weighted by Crippen LogP contribution is 2.37. The van der Waals surface area contributed by atoms with Crippen LogP contribution in [0.25, 0.3) is 0 Å². The van der Waals surface area contributed by atoms with E-state index in [1.165, 1.54) is 0 Å². The molecule has 1 aliphatic rings. The van der Waals surface area contributed by atoms with Crippen molar-refractivity contribution in [1.29, 1.82) is 0 Å². The quantitative estimate of drug-likeness (QED) is 0.339. The van der Waals surface area contributed by atoms with Crippen LogP contribution in [0, 0.1) is 23.3 Å². The first-order chi connectivity index (χ1) is 8.57. The van der Waals surface area contributed by atoms with E-state index >= 15 is 0 Å². The standard InChI is InChI=1S/C12H13BF4O2/c1-11(2)12(3,4)19-13(18-11)8-6(14)5-7(15)9(16)10(8)17/h5H,1-4H3. The Hall–Kier alpha value is -1.08. The Bertz CT molecular complexity index is 515. The lowest BCUT2D eigenvalue weighted by molar-refractivity contribution is 0.00578. The van der Waals surface area contributed by atoms with Gasteiger partial charge in [0.05, 0.1) is 16.7 Å². The Kier molecular flexibility index (Phi) is 3.18. The average Bonchev–Trinajstić information content (AvgIpc) is 2.44. The van der Waals surface area contributed by atoms with Gasteiger partial charge in [0.25, 0.3) is 0 Å². The maximum absolute atomic E-state index is 13.7. The average molecular weight is 276 g/mol. The summed E-state index contributed by atoms with van der Waals surface area (Å²) in [6, 6.07) is 0.277. The van der Waals surface area contributed by atoms with Gasteiger partial charge in [-0.3, -0.25) is 0 Å². The third kappa shape index (κ3) is 2.14. The summed E-state index contributed by atoms with van der Waals surface area (Å²) < 4.78 is 64.2. The number of hydrogen-bond acceptors (Lipinski definition) is 2. The van der Waals surface area contributed by atoms with Crippen molar-refractivity contribution in [2.75, 3.05) is 0 Å². The maximum Gasteiger partial charge on any atom is 0.501 e. The van der Waals surface area contributed by atoms with Gasteiger partial charge in [0, 0.05) is 6.07 Å². The van der Waals surface area contributed by atoms with Gasteiger partial charge in [0.1, 0.15) is 5.82 Å². The second-order valence-corrected chi connectivity index (χ2v) is 5.47. The normalized spacial score (nSPS) is 20.9. The second-order valence-electron chi connectivity index (χ2n) is 5.47. The van der Waals surface area contributed by atoms with Crippen LogP contribution in [-0.4, -0.2) is 18.3 Å². The second kappa shape index (κ2) is 4.21. The van der Waals surface area contributed by atoms with Crippen LogP contribution in [0.4, 0.5) is 17.6 Å². The minimum Gasteiger partial charge on any atom is -0.399 e. The molecule has 19 heavy (non-hydrogen) atoms. The molecule has 0 spiro atoms. The van der Waals surface area contributed by atoms with E-state index in [0.29, 0.717) is 0 Å². The number of halogens is 4. The molecule has 1 fully saturated rings. The van der Waals surface area contributed by atoms with Gasteiger partial charge in [-0.05, 0) is 27.7 Å². The van der Waals surface area contributed by atoms with Crippen LogP contribution in [0.2, 0.25) is 0 Å². The molecule has 2 nitrogen and oxygen atoms in total.